The van der Waals surface area contributed by atoms with Crippen molar-refractivity contribution in [1.29, 1.82) is 0 Å². The van der Waals surface area contributed by atoms with Gasteiger partial charge >= 0.3 is 6.18 Å². The van der Waals surface area contributed by atoms with Gasteiger partial charge in [0.1, 0.15) is 6.33 Å². The number of nitrogens with zero attached hydrogens (tertiary/aromatic N) is 2. The van der Waals surface area contributed by atoms with Crippen LogP contribution >= 0.6 is 15.9 Å². The van der Waals surface area contributed by atoms with Crippen molar-refractivity contribution in [2.24, 2.45) is 0 Å². The summed E-state index contributed by atoms with van der Waals surface area (Å²) in [6.45, 7) is 3.33. The number of carbonyl (C=O) groups excluding carboxylic acids is 1. The van der Waals surface area contributed by atoms with Crippen molar-refractivity contribution in [2.45, 2.75) is 26.1 Å². The summed E-state index contributed by atoms with van der Waals surface area (Å²) in [5, 5.41) is 2.42. The summed E-state index contributed by atoms with van der Waals surface area (Å²) in [6.07, 6.45) is -3.70. The lowest BCUT2D eigenvalue weighted by atomic mass is 10.2. The number of aromatic nitrogens is 2. The fraction of sp³-hybridized carbons (Fsp3) is 0.286. The van der Waals surface area contributed by atoms with Crippen LogP contribution < -0.4 is 5.32 Å². The second kappa shape index (κ2) is 6.12. The van der Waals surface area contributed by atoms with Crippen LogP contribution in [0.5, 0.6) is 0 Å². The topological polar surface area (TPSA) is 46.9 Å². The molecule has 1 aromatic heterocycles. The SMILES string of the molecule is CC(C)NC(=O)c1ncn(-c2ccc(Br)cc2)c1C(F)(F)F. The summed E-state index contributed by atoms with van der Waals surface area (Å²) in [4.78, 5) is 15.6. The van der Waals surface area contributed by atoms with Gasteiger partial charge in [0.05, 0.1) is 0 Å². The normalized spacial score (nSPS) is 11.8. The highest BCUT2D eigenvalue weighted by Gasteiger charge is 2.40. The van der Waals surface area contributed by atoms with Crippen molar-refractivity contribution in [3.05, 3.63) is 46.5 Å². The molecule has 1 amide bonds. The average Bonchev–Trinajstić information content (AvgIpc) is 2.83. The number of halogens is 4. The molecule has 0 radical (unpaired) electrons. The standard InChI is InChI=1S/C14H13BrF3N3O/c1-8(2)20-13(22)11-12(14(16,17)18)21(7-19-11)10-5-3-9(15)4-6-10/h3-8H,1-2H3,(H,20,22). The maximum atomic E-state index is 13.4. The number of hydrogen-bond donors (Lipinski definition) is 1. The van der Waals surface area contributed by atoms with Gasteiger partial charge in [0, 0.05) is 16.2 Å². The van der Waals surface area contributed by atoms with E-state index in [0.717, 1.165) is 15.4 Å². The number of rotatable bonds is 3. The van der Waals surface area contributed by atoms with Crippen molar-refractivity contribution >= 4 is 21.8 Å². The summed E-state index contributed by atoms with van der Waals surface area (Å²) in [7, 11) is 0. The van der Waals surface area contributed by atoms with Gasteiger partial charge in [-0.15, -0.1) is 0 Å². The minimum Gasteiger partial charge on any atom is -0.348 e. The summed E-state index contributed by atoms with van der Waals surface area (Å²) >= 11 is 3.22. The average molecular weight is 376 g/mol. The number of nitrogens with one attached hydrogen (secondary N) is 1. The molecule has 1 heterocycles. The van der Waals surface area contributed by atoms with Crippen LogP contribution in [0.3, 0.4) is 0 Å². The molecule has 0 saturated heterocycles. The van der Waals surface area contributed by atoms with Crippen LogP contribution in [0.4, 0.5) is 13.2 Å². The first kappa shape index (κ1) is 16.5. The summed E-state index contributed by atoms with van der Waals surface area (Å²) in [5.41, 5.74) is -1.45. The molecule has 2 rings (SSSR count). The van der Waals surface area contributed by atoms with Gasteiger partial charge in [0.15, 0.2) is 11.4 Å². The van der Waals surface area contributed by atoms with Crippen LogP contribution in [-0.4, -0.2) is 21.5 Å². The number of hydrogen-bond acceptors (Lipinski definition) is 2. The molecule has 2 aromatic rings. The van der Waals surface area contributed by atoms with E-state index >= 15 is 0 Å². The van der Waals surface area contributed by atoms with Crippen LogP contribution in [-0.2, 0) is 6.18 Å². The van der Waals surface area contributed by atoms with E-state index in [1.807, 2.05) is 0 Å². The lowest BCUT2D eigenvalue weighted by molar-refractivity contribution is -0.142. The van der Waals surface area contributed by atoms with E-state index < -0.39 is 23.5 Å². The Morgan fingerprint density at radius 3 is 2.36 bits per heavy atom. The second-order valence-corrected chi connectivity index (χ2v) is 5.83. The van der Waals surface area contributed by atoms with Crippen molar-refractivity contribution < 1.29 is 18.0 Å². The molecule has 118 valence electrons. The van der Waals surface area contributed by atoms with Gasteiger partial charge in [0.2, 0.25) is 0 Å². The highest BCUT2D eigenvalue weighted by molar-refractivity contribution is 9.10. The molecule has 4 nitrogen and oxygen atoms in total. The maximum absolute atomic E-state index is 13.4. The molecule has 0 saturated carbocycles. The highest BCUT2D eigenvalue weighted by atomic mass is 79.9. The Morgan fingerprint density at radius 1 is 1.27 bits per heavy atom. The Hall–Kier alpha value is -1.83. The Labute approximate surface area is 133 Å². The van der Waals surface area contributed by atoms with Crippen molar-refractivity contribution in [3.63, 3.8) is 0 Å². The second-order valence-electron chi connectivity index (χ2n) is 4.91. The van der Waals surface area contributed by atoms with E-state index in [0.29, 0.717) is 0 Å². The Bertz CT molecular complexity index is 678. The smallest absolute Gasteiger partial charge is 0.348 e. The molecule has 0 aliphatic heterocycles. The minimum atomic E-state index is -4.70. The van der Waals surface area contributed by atoms with E-state index in [1.54, 1.807) is 26.0 Å². The number of carbonyl (C=O) groups is 1. The molecule has 0 bridgehead atoms. The van der Waals surface area contributed by atoms with Crippen LogP contribution in [0.1, 0.15) is 30.0 Å². The predicted molar refractivity (Wildman–Crippen MR) is 78.9 cm³/mol. The zero-order valence-electron chi connectivity index (χ0n) is 11.8. The number of imidazole rings is 1. The third-order valence-electron chi connectivity index (χ3n) is 2.78. The van der Waals surface area contributed by atoms with Crippen LogP contribution in [0.2, 0.25) is 0 Å². The largest absolute Gasteiger partial charge is 0.434 e. The number of amides is 1. The molecule has 22 heavy (non-hydrogen) atoms. The van der Waals surface area contributed by atoms with Crippen molar-refractivity contribution in [1.82, 2.24) is 14.9 Å². The number of benzene rings is 1. The van der Waals surface area contributed by atoms with Gasteiger partial charge < -0.3 is 5.32 Å². The van der Waals surface area contributed by atoms with Gasteiger partial charge in [-0.25, -0.2) is 4.98 Å². The molecular formula is C14H13BrF3N3O. The van der Waals surface area contributed by atoms with Gasteiger partial charge in [-0.3, -0.25) is 9.36 Å². The Balaban J connectivity index is 2.54. The minimum absolute atomic E-state index is 0.270. The zero-order valence-corrected chi connectivity index (χ0v) is 13.4. The molecular weight excluding hydrogens is 363 g/mol. The van der Waals surface area contributed by atoms with Gasteiger partial charge in [0.25, 0.3) is 5.91 Å². The van der Waals surface area contributed by atoms with Crippen LogP contribution in [0.25, 0.3) is 5.69 Å². The third-order valence-corrected chi connectivity index (χ3v) is 3.30. The molecule has 0 atom stereocenters. The first-order valence-corrected chi connectivity index (χ1v) is 7.21. The third kappa shape index (κ3) is 3.49. The molecule has 0 aliphatic rings. The molecule has 0 unspecified atom stereocenters. The number of alkyl halides is 3. The molecule has 0 spiro atoms. The Kier molecular flexibility index (Phi) is 4.60. The monoisotopic (exact) mass is 375 g/mol. The molecule has 8 heteroatoms. The molecule has 1 aromatic carbocycles. The highest BCUT2D eigenvalue weighted by Crippen LogP contribution is 2.33. The quantitative estimate of drug-likeness (QED) is 0.886. The molecule has 1 N–H and O–H groups in total. The molecule has 0 aliphatic carbocycles. The Morgan fingerprint density at radius 2 is 1.86 bits per heavy atom. The lowest BCUT2D eigenvalue weighted by Gasteiger charge is -2.14. The van der Waals surface area contributed by atoms with Gasteiger partial charge in [-0.1, -0.05) is 15.9 Å². The first-order chi connectivity index (χ1) is 10.2. The fourth-order valence-corrected chi connectivity index (χ4v) is 2.18. The van der Waals surface area contributed by atoms with Gasteiger partial charge in [-0.2, -0.15) is 13.2 Å². The lowest BCUT2D eigenvalue weighted by Crippen LogP contribution is -2.32. The van der Waals surface area contributed by atoms with Crippen molar-refractivity contribution in [2.75, 3.05) is 0 Å². The molecule has 0 fully saturated rings. The van der Waals surface area contributed by atoms with E-state index in [9.17, 15) is 18.0 Å². The summed E-state index contributed by atoms with van der Waals surface area (Å²) in [5.74, 6) is -0.849. The van der Waals surface area contributed by atoms with Crippen molar-refractivity contribution in [3.8, 4) is 5.69 Å². The fourth-order valence-electron chi connectivity index (χ4n) is 1.91. The van der Waals surface area contributed by atoms with Crippen LogP contribution in [0.15, 0.2) is 35.1 Å². The van der Waals surface area contributed by atoms with E-state index in [1.165, 1.54) is 12.1 Å². The van der Waals surface area contributed by atoms with E-state index in [-0.39, 0.29) is 11.7 Å². The van der Waals surface area contributed by atoms with Gasteiger partial charge in [-0.05, 0) is 38.1 Å². The summed E-state index contributed by atoms with van der Waals surface area (Å²) < 4.78 is 41.7. The summed E-state index contributed by atoms with van der Waals surface area (Å²) in [6, 6.07) is 5.95. The van der Waals surface area contributed by atoms with Crippen LogP contribution in [0, 0.1) is 0 Å². The predicted octanol–water partition coefficient (Wildman–Crippen LogP) is 3.79. The van der Waals surface area contributed by atoms with E-state index in [4.69, 9.17) is 0 Å². The zero-order chi connectivity index (χ0) is 16.5. The van der Waals surface area contributed by atoms with E-state index in [2.05, 4.69) is 26.2 Å². The maximum Gasteiger partial charge on any atom is 0.434 e. The first-order valence-electron chi connectivity index (χ1n) is 6.41.